The molecule has 0 unspecified atom stereocenters. The van der Waals surface area contributed by atoms with Gasteiger partial charge in [-0.05, 0) is 56.0 Å². The van der Waals surface area contributed by atoms with Gasteiger partial charge in [0.1, 0.15) is 5.54 Å². The Balaban J connectivity index is 1.67. The number of nitrogens with one attached hydrogen (secondary N) is 2. The smallest absolute Gasteiger partial charge is 0.382 e. The molecule has 0 spiro atoms. The number of fused-ring (bicyclic) bond motifs is 1. The van der Waals surface area contributed by atoms with Crippen molar-refractivity contribution < 1.29 is 18.0 Å². The van der Waals surface area contributed by atoms with Gasteiger partial charge in [0.2, 0.25) is 0 Å². The van der Waals surface area contributed by atoms with Gasteiger partial charge in [-0.1, -0.05) is 18.2 Å². The molecule has 34 heavy (non-hydrogen) atoms. The number of pyridine rings is 1. The molecule has 1 fully saturated rings. The van der Waals surface area contributed by atoms with Gasteiger partial charge >= 0.3 is 6.18 Å². The lowest BCUT2D eigenvalue weighted by Crippen LogP contribution is -2.35. The van der Waals surface area contributed by atoms with Crippen molar-refractivity contribution in [1.29, 1.82) is 5.26 Å². The number of anilines is 1. The number of nitriles is 1. The van der Waals surface area contributed by atoms with E-state index in [0.29, 0.717) is 29.7 Å². The van der Waals surface area contributed by atoms with Gasteiger partial charge in [-0.15, -0.1) is 0 Å². The summed E-state index contributed by atoms with van der Waals surface area (Å²) < 4.78 is 39.7. The van der Waals surface area contributed by atoms with Gasteiger partial charge in [0.05, 0.1) is 30.1 Å². The monoisotopic (exact) mass is 467 g/mol. The highest BCUT2D eigenvalue weighted by Gasteiger charge is 2.44. The van der Waals surface area contributed by atoms with E-state index in [4.69, 9.17) is 0 Å². The van der Waals surface area contributed by atoms with E-state index in [1.165, 1.54) is 0 Å². The van der Waals surface area contributed by atoms with Crippen LogP contribution in [0.5, 0.6) is 0 Å². The molecule has 1 amide bonds. The predicted molar refractivity (Wildman–Crippen MR) is 124 cm³/mol. The van der Waals surface area contributed by atoms with Gasteiger partial charge in [-0.3, -0.25) is 9.20 Å². The second-order valence-electron chi connectivity index (χ2n) is 8.49. The van der Waals surface area contributed by atoms with E-state index < -0.39 is 18.1 Å². The molecular weight excluding hydrogens is 443 g/mol. The number of nitrogens with zero attached hydrogens (tertiary/aromatic N) is 3. The number of alkyl halides is 3. The fourth-order valence-electron chi connectivity index (χ4n) is 3.83. The van der Waals surface area contributed by atoms with Crippen molar-refractivity contribution in [2.75, 3.05) is 11.9 Å². The summed E-state index contributed by atoms with van der Waals surface area (Å²) in [5.74, 6) is -0.284. The van der Waals surface area contributed by atoms with Crippen LogP contribution in [0.3, 0.4) is 0 Å². The number of carbonyl (C=O) groups excluding carboxylic acids is 1. The summed E-state index contributed by atoms with van der Waals surface area (Å²) in [7, 11) is 0. The van der Waals surface area contributed by atoms with E-state index in [2.05, 4.69) is 21.7 Å². The molecule has 2 N–H and O–H groups in total. The van der Waals surface area contributed by atoms with Crippen LogP contribution in [0.25, 0.3) is 23.0 Å². The fourth-order valence-corrected chi connectivity index (χ4v) is 3.83. The number of aromatic nitrogens is 2. The molecule has 1 aliphatic carbocycles. The summed E-state index contributed by atoms with van der Waals surface area (Å²) in [4.78, 5) is 17.1. The van der Waals surface area contributed by atoms with E-state index >= 15 is 0 Å². The molecule has 1 aliphatic rings. The Labute approximate surface area is 195 Å². The summed E-state index contributed by atoms with van der Waals surface area (Å²) >= 11 is 0. The molecular formula is C25H24F3N5O. The standard InChI is InChI=1S/C25H24F3N5O/c1-3-4-17-12-20(30-10-9-25(26,27)28)22-31-13-21(33(22)14-17)18-5-6-19(16(2)11-18)23(34)32-24(15-29)7-8-24/h3-6,11-14,30H,7-10H2,1-2H3,(H,32,34). The number of hydrogen-bond acceptors (Lipinski definition) is 4. The van der Waals surface area contributed by atoms with Crippen LogP contribution >= 0.6 is 0 Å². The lowest BCUT2D eigenvalue weighted by Gasteiger charge is -2.13. The lowest BCUT2D eigenvalue weighted by molar-refractivity contribution is -0.131. The largest absolute Gasteiger partial charge is 0.390 e. The van der Waals surface area contributed by atoms with E-state index in [1.54, 1.807) is 24.4 Å². The highest BCUT2D eigenvalue weighted by molar-refractivity contribution is 5.97. The zero-order valence-electron chi connectivity index (χ0n) is 18.8. The van der Waals surface area contributed by atoms with Gasteiger partial charge in [-0.25, -0.2) is 4.98 Å². The number of aryl methyl sites for hydroxylation is 1. The van der Waals surface area contributed by atoms with Gasteiger partial charge in [0.15, 0.2) is 5.65 Å². The van der Waals surface area contributed by atoms with Crippen molar-refractivity contribution in [2.24, 2.45) is 0 Å². The number of amides is 1. The van der Waals surface area contributed by atoms with Crippen LogP contribution in [-0.2, 0) is 0 Å². The molecule has 3 aromatic rings. The van der Waals surface area contributed by atoms with Crippen LogP contribution in [0.15, 0.2) is 42.7 Å². The van der Waals surface area contributed by atoms with Crippen LogP contribution in [0.4, 0.5) is 18.9 Å². The molecule has 0 bridgehead atoms. The van der Waals surface area contributed by atoms with E-state index in [-0.39, 0.29) is 12.5 Å². The normalized spacial score (nSPS) is 14.8. The van der Waals surface area contributed by atoms with Crippen LogP contribution in [-0.4, -0.2) is 33.6 Å². The minimum atomic E-state index is -4.25. The maximum Gasteiger partial charge on any atom is 0.390 e. The highest BCUT2D eigenvalue weighted by Crippen LogP contribution is 2.35. The molecule has 0 saturated heterocycles. The highest BCUT2D eigenvalue weighted by atomic mass is 19.4. The molecule has 0 atom stereocenters. The third kappa shape index (κ3) is 4.91. The minimum absolute atomic E-state index is 0.256. The molecule has 1 aromatic carbocycles. The Morgan fingerprint density at radius 1 is 1.32 bits per heavy atom. The van der Waals surface area contributed by atoms with E-state index in [1.807, 2.05) is 42.7 Å². The van der Waals surface area contributed by atoms with Crippen molar-refractivity contribution >= 4 is 23.3 Å². The second kappa shape index (κ2) is 8.86. The molecule has 0 aliphatic heterocycles. The van der Waals surface area contributed by atoms with Crippen LogP contribution in [0.2, 0.25) is 0 Å². The molecule has 176 valence electrons. The van der Waals surface area contributed by atoms with Crippen molar-refractivity contribution in [2.45, 2.75) is 44.8 Å². The average Bonchev–Trinajstić information content (AvgIpc) is 3.41. The molecule has 0 radical (unpaired) electrons. The van der Waals surface area contributed by atoms with Gasteiger partial charge in [0, 0.05) is 23.9 Å². The van der Waals surface area contributed by atoms with Crippen LogP contribution < -0.4 is 10.6 Å². The van der Waals surface area contributed by atoms with Crippen molar-refractivity contribution in [3.8, 4) is 17.3 Å². The number of rotatable bonds is 7. The Morgan fingerprint density at radius 3 is 2.71 bits per heavy atom. The molecule has 1 saturated carbocycles. The average molecular weight is 467 g/mol. The Bertz CT molecular complexity index is 1310. The lowest BCUT2D eigenvalue weighted by atomic mass is 10.0. The summed E-state index contributed by atoms with van der Waals surface area (Å²) in [5.41, 5.74) is 3.85. The minimum Gasteiger partial charge on any atom is -0.382 e. The predicted octanol–water partition coefficient (Wildman–Crippen LogP) is 5.49. The van der Waals surface area contributed by atoms with Crippen molar-refractivity contribution in [3.05, 3.63) is 59.4 Å². The van der Waals surface area contributed by atoms with Crippen LogP contribution in [0.1, 0.15) is 47.7 Å². The Morgan fingerprint density at radius 2 is 2.09 bits per heavy atom. The summed E-state index contributed by atoms with van der Waals surface area (Å²) in [6, 6.07) is 9.30. The topological polar surface area (TPSA) is 82.2 Å². The Kier molecular flexibility index (Phi) is 6.09. The van der Waals surface area contributed by atoms with Crippen LogP contribution in [0, 0.1) is 18.3 Å². The summed E-state index contributed by atoms with van der Waals surface area (Å²) in [6.45, 7) is 3.43. The number of hydrogen-bond donors (Lipinski definition) is 2. The molecule has 2 heterocycles. The molecule has 6 nitrogen and oxygen atoms in total. The first-order valence-electron chi connectivity index (χ1n) is 10.9. The first-order chi connectivity index (χ1) is 16.1. The van der Waals surface area contributed by atoms with Crippen molar-refractivity contribution in [3.63, 3.8) is 0 Å². The van der Waals surface area contributed by atoms with E-state index in [9.17, 15) is 23.2 Å². The third-order valence-corrected chi connectivity index (χ3v) is 5.79. The van der Waals surface area contributed by atoms with Gasteiger partial charge < -0.3 is 10.6 Å². The Hall–Kier alpha value is -3.80. The maximum absolute atomic E-state index is 12.6. The molecule has 9 heteroatoms. The van der Waals surface area contributed by atoms with E-state index in [0.717, 1.165) is 22.4 Å². The quantitative estimate of drug-likeness (QED) is 0.481. The number of halogens is 3. The number of allylic oxidation sites excluding steroid dienone is 1. The second-order valence-corrected chi connectivity index (χ2v) is 8.49. The van der Waals surface area contributed by atoms with Crippen molar-refractivity contribution in [1.82, 2.24) is 14.7 Å². The first kappa shape index (κ1) is 23.4. The molecule has 2 aromatic heterocycles. The maximum atomic E-state index is 12.6. The zero-order chi connectivity index (χ0) is 24.5. The summed E-state index contributed by atoms with van der Waals surface area (Å²) in [5, 5.41) is 14.9. The fraction of sp³-hybridized carbons (Fsp3) is 0.320. The summed E-state index contributed by atoms with van der Waals surface area (Å²) in [6.07, 6.45) is 3.35. The SMILES string of the molecule is CC=Cc1cc(NCCC(F)(F)F)c2ncc(-c3ccc(C(=O)NC4(C#N)CC4)c(C)c3)n2c1. The third-order valence-electron chi connectivity index (χ3n) is 5.79. The zero-order valence-corrected chi connectivity index (χ0v) is 18.8. The molecule has 4 rings (SSSR count). The van der Waals surface area contributed by atoms with Gasteiger partial charge in [-0.2, -0.15) is 18.4 Å². The number of carbonyl (C=O) groups is 1. The first-order valence-corrected chi connectivity index (χ1v) is 10.9. The number of imidazole rings is 1. The van der Waals surface area contributed by atoms with Gasteiger partial charge in [0.25, 0.3) is 5.91 Å². The number of benzene rings is 1.